The quantitative estimate of drug-likeness (QED) is 0.823. The Hall–Kier alpha value is -1.92. The van der Waals surface area contributed by atoms with E-state index in [1.807, 2.05) is 0 Å². The van der Waals surface area contributed by atoms with E-state index in [0.29, 0.717) is 12.2 Å². The number of nitrogens with one attached hydrogen (secondary N) is 1. The van der Waals surface area contributed by atoms with Gasteiger partial charge in [-0.05, 0) is 19.8 Å². The number of amides is 2. The Morgan fingerprint density at radius 1 is 1.40 bits per heavy atom. The van der Waals surface area contributed by atoms with Crippen LogP contribution in [-0.2, 0) is 23.2 Å². The van der Waals surface area contributed by atoms with Gasteiger partial charge in [0.15, 0.2) is 0 Å². The largest absolute Gasteiger partial charge is 0.343 e. The lowest BCUT2D eigenvalue weighted by Crippen LogP contribution is -2.68. The fourth-order valence-electron chi connectivity index (χ4n) is 3.28. The lowest BCUT2D eigenvalue weighted by molar-refractivity contribution is -0.157. The number of rotatable bonds is 2. The van der Waals surface area contributed by atoms with Crippen molar-refractivity contribution in [2.45, 2.75) is 50.7 Å². The first-order valence-corrected chi connectivity index (χ1v) is 7.00. The van der Waals surface area contributed by atoms with E-state index in [1.165, 1.54) is 0 Å². The van der Waals surface area contributed by atoms with E-state index in [0.717, 1.165) is 25.7 Å². The predicted molar refractivity (Wildman–Crippen MR) is 70.4 cm³/mol. The highest BCUT2D eigenvalue weighted by Crippen LogP contribution is 2.38. The van der Waals surface area contributed by atoms with Gasteiger partial charge in [0.1, 0.15) is 17.3 Å². The Morgan fingerprint density at radius 3 is 2.70 bits per heavy atom. The summed E-state index contributed by atoms with van der Waals surface area (Å²) in [5, 5.41) is 10.7. The van der Waals surface area contributed by atoms with Gasteiger partial charge in [-0.1, -0.05) is 18.1 Å². The van der Waals surface area contributed by atoms with Crippen molar-refractivity contribution in [2.24, 2.45) is 7.05 Å². The van der Waals surface area contributed by atoms with Gasteiger partial charge in [-0.3, -0.25) is 14.3 Å². The molecule has 2 fully saturated rings. The van der Waals surface area contributed by atoms with Gasteiger partial charge < -0.3 is 10.2 Å². The summed E-state index contributed by atoms with van der Waals surface area (Å²) in [5.41, 5.74) is 0.0372. The van der Waals surface area contributed by atoms with Gasteiger partial charge in [-0.15, -0.1) is 5.10 Å². The minimum atomic E-state index is -0.679. The van der Waals surface area contributed by atoms with E-state index in [4.69, 9.17) is 0 Å². The molecule has 1 aliphatic carbocycles. The molecule has 1 aliphatic heterocycles. The van der Waals surface area contributed by atoms with Crippen molar-refractivity contribution in [3.63, 3.8) is 0 Å². The maximum atomic E-state index is 12.5. The molecular weight excluding hydrogens is 258 g/mol. The average molecular weight is 277 g/mol. The van der Waals surface area contributed by atoms with E-state index in [9.17, 15) is 9.59 Å². The smallest absolute Gasteiger partial charge is 0.246 e. The summed E-state index contributed by atoms with van der Waals surface area (Å²) in [5.74, 6) is -0.0526. The number of hydrogen-bond acceptors (Lipinski definition) is 4. The Bertz CT molecular complexity index is 547. The Morgan fingerprint density at radius 2 is 2.10 bits per heavy atom. The molecule has 1 N–H and O–H groups in total. The second-order valence-electron chi connectivity index (χ2n) is 5.74. The van der Waals surface area contributed by atoms with Crippen LogP contribution in [0.4, 0.5) is 0 Å². The molecule has 2 aliphatic rings. The van der Waals surface area contributed by atoms with Crippen molar-refractivity contribution in [3.05, 3.63) is 11.9 Å². The fourth-order valence-corrected chi connectivity index (χ4v) is 3.28. The first kappa shape index (κ1) is 13.1. The summed E-state index contributed by atoms with van der Waals surface area (Å²) >= 11 is 0. The van der Waals surface area contributed by atoms with Gasteiger partial charge in [0.2, 0.25) is 11.8 Å². The number of carbonyl (C=O) groups is 2. The van der Waals surface area contributed by atoms with Crippen LogP contribution in [0, 0.1) is 0 Å². The molecule has 0 aromatic carbocycles. The van der Waals surface area contributed by atoms with Crippen molar-refractivity contribution in [1.29, 1.82) is 0 Å². The number of aryl methyl sites for hydroxylation is 1. The van der Waals surface area contributed by atoms with Crippen LogP contribution >= 0.6 is 0 Å². The van der Waals surface area contributed by atoms with Gasteiger partial charge in [0.05, 0.1) is 6.54 Å². The van der Waals surface area contributed by atoms with Gasteiger partial charge in [-0.2, -0.15) is 0 Å². The van der Waals surface area contributed by atoms with E-state index < -0.39 is 11.6 Å². The van der Waals surface area contributed by atoms with Crippen LogP contribution in [0.5, 0.6) is 0 Å². The Kier molecular flexibility index (Phi) is 2.99. The maximum Gasteiger partial charge on any atom is 0.246 e. The molecule has 7 nitrogen and oxygen atoms in total. The number of nitrogens with zero attached hydrogens (tertiary/aromatic N) is 4. The molecule has 0 bridgehead atoms. The number of aromatic nitrogens is 3. The summed E-state index contributed by atoms with van der Waals surface area (Å²) in [6.07, 6.45) is 5.21. The second kappa shape index (κ2) is 4.57. The Balaban J connectivity index is 1.93. The third-order valence-electron chi connectivity index (χ3n) is 4.32. The van der Waals surface area contributed by atoms with E-state index >= 15 is 0 Å². The molecule has 1 aromatic heterocycles. The summed E-state index contributed by atoms with van der Waals surface area (Å²) in [6, 6.07) is -0.467. The third-order valence-corrected chi connectivity index (χ3v) is 4.32. The van der Waals surface area contributed by atoms with Crippen LogP contribution < -0.4 is 5.32 Å². The zero-order valence-corrected chi connectivity index (χ0v) is 11.8. The molecule has 2 heterocycles. The SMILES string of the molecule is CC1NC(=O)C2(CCCC2)N(Cc2cn(C)nn2)C1=O. The highest BCUT2D eigenvalue weighted by Gasteiger charge is 2.52. The minimum Gasteiger partial charge on any atom is -0.343 e. The molecule has 1 spiro atoms. The molecule has 1 unspecified atom stereocenters. The Labute approximate surface area is 117 Å². The highest BCUT2D eigenvalue weighted by atomic mass is 16.2. The maximum absolute atomic E-state index is 12.5. The summed E-state index contributed by atoms with van der Waals surface area (Å²) in [4.78, 5) is 26.6. The van der Waals surface area contributed by atoms with Gasteiger partial charge in [-0.25, -0.2) is 0 Å². The zero-order valence-electron chi connectivity index (χ0n) is 11.8. The van der Waals surface area contributed by atoms with Crippen LogP contribution in [0.1, 0.15) is 38.3 Å². The average Bonchev–Trinajstić information content (AvgIpc) is 3.03. The second-order valence-corrected chi connectivity index (χ2v) is 5.74. The third kappa shape index (κ3) is 1.88. The van der Waals surface area contributed by atoms with Crippen molar-refractivity contribution < 1.29 is 9.59 Å². The first-order valence-electron chi connectivity index (χ1n) is 7.00. The topological polar surface area (TPSA) is 80.1 Å². The molecule has 1 aromatic rings. The summed E-state index contributed by atoms with van der Waals surface area (Å²) < 4.78 is 1.61. The van der Waals surface area contributed by atoms with Crippen molar-refractivity contribution >= 4 is 11.8 Å². The van der Waals surface area contributed by atoms with Crippen LogP contribution in [0.15, 0.2) is 6.20 Å². The molecule has 2 amide bonds. The summed E-state index contributed by atoms with van der Waals surface area (Å²) in [7, 11) is 1.79. The van der Waals surface area contributed by atoms with Gasteiger partial charge in [0.25, 0.3) is 0 Å². The lowest BCUT2D eigenvalue weighted by atomic mass is 9.89. The zero-order chi connectivity index (χ0) is 14.3. The molecule has 1 saturated carbocycles. The van der Waals surface area contributed by atoms with Crippen LogP contribution in [0.25, 0.3) is 0 Å². The predicted octanol–water partition coefficient (Wildman–Crippen LogP) is -0.0252. The molecule has 1 saturated heterocycles. The molecule has 1 atom stereocenters. The highest BCUT2D eigenvalue weighted by molar-refractivity contribution is 5.99. The van der Waals surface area contributed by atoms with Gasteiger partial charge in [0, 0.05) is 13.2 Å². The minimum absolute atomic E-state index is 0.0222. The van der Waals surface area contributed by atoms with E-state index in [2.05, 4.69) is 15.6 Å². The molecule has 20 heavy (non-hydrogen) atoms. The summed E-state index contributed by atoms with van der Waals surface area (Å²) in [6.45, 7) is 2.08. The first-order chi connectivity index (χ1) is 9.53. The van der Waals surface area contributed by atoms with E-state index in [1.54, 1.807) is 29.7 Å². The molecule has 3 rings (SSSR count). The molecule has 0 radical (unpaired) electrons. The van der Waals surface area contributed by atoms with Crippen molar-refractivity contribution in [2.75, 3.05) is 0 Å². The van der Waals surface area contributed by atoms with Crippen molar-refractivity contribution in [3.8, 4) is 0 Å². The molecule has 7 heteroatoms. The fraction of sp³-hybridized carbons (Fsp3) is 0.692. The van der Waals surface area contributed by atoms with Gasteiger partial charge >= 0.3 is 0 Å². The van der Waals surface area contributed by atoms with Crippen molar-refractivity contribution in [1.82, 2.24) is 25.2 Å². The van der Waals surface area contributed by atoms with Crippen LogP contribution in [0.3, 0.4) is 0 Å². The molecular formula is C13H19N5O2. The van der Waals surface area contributed by atoms with Crippen LogP contribution in [0.2, 0.25) is 0 Å². The number of hydrogen-bond donors (Lipinski definition) is 1. The van der Waals surface area contributed by atoms with E-state index in [-0.39, 0.29) is 11.8 Å². The normalized spacial score (nSPS) is 25.3. The monoisotopic (exact) mass is 277 g/mol. The number of carbonyl (C=O) groups excluding carboxylic acids is 2. The number of piperazine rings is 1. The molecule has 108 valence electrons. The standard InChI is InChI=1S/C13H19N5O2/c1-9-11(19)18(8-10-7-17(2)16-15-10)13(12(20)14-9)5-3-4-6-13/h7,9H,3-6,8H2,1-2H3,(H,14,20). The lowest BCUT2D eigenvalue weighted by Gasteiger charge is -2.45. The van der Waals surface area contributed by atoms with Crippen LogP contribution in [-0.4, -0.2) is 43.3 Å².